The van der Waals surface area contributed by atoms with E-state index in [1.54, 1.807) is 0 Å². The average Bonchev–Trinajstić information content (AvgIpc) is 3.49. The summed E-state index contributed by atoms with van der Waals surface area (Å²) in [5.41, 5.74) is 15.2. The first kappa shape index (κ1) is 27.6. The molecule has 0 saturated carbocycles. The fourth-order valence-electron chi connectivity index (χ4n) is 7.50. The lowest BCUT2D eigenvalue weighted by Gasteiger charge is -2.21. The van der Waals surface area contributed by atoms with Gasteiger partial charge < -0.3 is 0 Å². The molecule has 220 valence electrons. The van der Waals surface area contributed by atoms with Gasteiger partial charge in [0, 0.05) is 0 Å². The van der Waals surface area contributed by atoms with E-state index in [0.717, 1.165) is 44.2 Å². The Labute approximate surface area is 279 Å². The van der Waals surface area contributed by atoms with Crippen molar-refractivity contribution in [2.24, 2.45) is 0 Å². The van der Waals surface area contributed by atoms with Crippen LogP contribution in [0.1, 0.15) is 11.1 Å². The molecule has 9 rings (SSSR count). The van der Waals surface area contributed by atoms with Gasteiger partial charge in [-0.05, 0) is 125 Å². The molecule has 2 heteroatoms. The summed E-state index contributed by atoms with van der Waals surface area (Å²) in [6.45, 7) is 0. The van der Waals surface area contributed by atoms with Crippen molar-refractivity contribution in [3.05, 3.63) is 169 Å². The predicted molar refractivity (Wildman–Crippen MR) is 197 cm³/mol. The van der Waals surface area contributed by atoms with Crippen molar-refractivity contribution in [1.29, 1.82) is 10.5 Å². The summed E-state index contributed by atoms with van der Waals surface area (Å²) >= 11 is 0. The van der Waals surface area contributed by atoms with Crippen molar-refractivity contribution in [2.75, 3.05) is 0 Å². The lowest BCUT2D eigenvalue weighted by Crippen LogP contribution is -1.95. The van der Waals surface area contributed by atoms with Crippen LogP contribution in [0.5, 0.6) is 0 Å². The Morgan fingerprint density at radius 3 is 1.40 bits per heavy atom. The van der Waals surface area contributed by atoms with Crippen molar-refractivity contribution >= 4 is 21.5 Å². The highest BCUT2D eigenvalue weighted by molar-refractivity contribution is 6.27. The maximum absolute atomic E-state index is 9.64. The zero-order valence-electron chi connectivity index (χ0n) is 25.9. The van der Waals surface area contributed by atoms with Crippen molar-refractivity contribution < 1.29 is 0 Å². The van der Waals surface area contributed by atoms with Gasteiger partial charge in [0.05, 0.1) is 23.3 Å². The number of nitriles is 2. The lowest BCUT2D eigenvalue weighted by molar-refractivity contribution is 1.48. The number of fused-ring (bicyclic) bond motifs is 4. The summed E-state index contributed by atoms with van der Waals surface area (Å²) in [6.07, 6.45) is 0. The third-order valence-corrected chi connectivity index (χ3v) is 9.66. The SMILES string of the molecule is N#Cc1ccc(-c2c3c(c(-c4ccc(C#N)cc4)c4cc(-c5cccc(-c6ccccc6)c5)ccc24)-c2cccc4cccc-3c24)cc1. The molecule has 0 aromatic heterocycles. The van der Waals surface area contributed by atoms with Crippen LogP contribution in [0, 0.1) is 22.7 Å². The highest BCUT2D eigenvalue weighted by atomic mass is 14.3. The Morgan fingerprint density at radius 1 is 0.333 bits per heavy atom. The Balaban J connectivity index is 1.41. The van der Waals surface area contributed by atoms with Gasteiger partial charge in [-0.25, -0.2) is 0 Å². The summed E-state index contributed by atoms with van der Waals surface area (Å²) < 4.78 is 0. The first-order chi connectivity index (χ1) is 23.7. The van der Waals surface area contributed by atoms with Gasteiger partial charge in [0.2, 0.25) is 0 Å². The molecule has 1 aliphatic rings. The molecular formula is C46H26N2. The summed E-state index contributed by atoms with van der Waals surface area (Å²) in [4.78, 5) is 0. The Bertz CT molecular complexity index is 2650. The molecule has 8 aromatic rings. The van der Waals surface area contributed by atoms with Crippen molar-refractivity contribution in [3.63, 3.8) is 0 Å². The Morgan fingerprint density at radius 2 is 0.812 bits per heavy atom. The Hall–Kier alpha value is -6.74. The molecule has 0 aliphatic heterocycles. The molecule has 0 saturated heterocycles. The molecule has 0 amide bonds. The second kappa shape index (κ2) is 11.0. The first-order valence-corrected chi connectivity index (χ1v) is 16.0. The molecule has 0 spiro atoms. The van der Waals surface area contributed by atoms with E-state index < -0.39 is 0 Å². The molecular weight excluding hydrogens is 581 g/mol. The van der Waals surface area contributed by atoms with E-state index in [4.69, 9.17) is 0 Å². The smallest absolute Gasteiger partial charge is 0.0991 e. The van der Waals surface area contributed by atoms with Crippen LogP contribution in [-0.4, -0.2) is 0 Å². The number of nitrogens with zero attached hydrogens (tertiary/aromatic N) is 2. The standard InChI is InChI=1S/C46H26N2/c47-27-29-15-19-33(20-16-29)43-38-24-23-37(36-12-4-11-35(25-36)31-7-2-1-3-8-31)26-41(38)44(34-21-17-30(28-48)18-22-34)46-40-14-6-10-32-9-5-13-39(42(32)40)45(43)46/h1-26H. The number of rotatable bonds is 4. The van der Waals surface area contributed by atoms with E-state index in [-0.39, 0.29) is 0 Å². The predicted octanol–water partition coefficient (Wildman–Crippen LogP) is 12.1. The van der Waals surface area contributed by atoms with Gasteiger partial charge in [-0.3, -0.25) is 0 Å². The van der Waals surface area contributed by atoms with E-state index in [2.05, 4.69) is 140 Å². The van der Waals surface area contributed by atoms with Crippen LogP contribution in [0.2, 0.25) is 0 Å². The largest absolute Gasteiger partial charge is 0.192 e. The van der Waals surface area contributed by atoms with Gasteiger partial charge >= 0.3 is 0 Å². The minimum Gasteiger partial charge on any atom is -0.192 e. The van der Waals surface area contributed by atoms with Crippen LogP contribution in [0.15, 0.2) is 158 Å². The maximum Gasteiger partial charge on any atom is 0.0991 e. The average molecular weight is 607 g/mol. The van der Waals surface area contributed by atoms with E-state index in [1.807, 2.05) is 30.3 Å². The topological polar surface area (TPSA) is 47.6 Å². The maximum atomic E-state index is 9.64. The van der Waals surface area contributed by atoms with Crippen molar-refractivity contribution in [3.8, 4) is 78.9 Å². The molecule has 0 unspecified atom stereocenters. The molecule has 8 aromatic carbocycles. The van der Waals surface area contributed by atoms with Crippen molar-refractivity contribution in [2.45, 2.75) is 0 Å². The minimum atomic E-state index is 0.637. The molecule has 0 heterocycles. The first-order valence-electron chi connectivity index (χ1n) is 16.0. The molecule has 48 heavy (non-hydrogen) atoms. The number of hydrogen-bond donors (Lipinski definition) is 0. The van der Waals surface area contributed by atoms with Crippen LogP contribution < -0.4 is 0 Å². The molecule has 0 fully saturated rings. The molecule has 0 atom stereocenters. The second-order valence-corrected chi connectivity index (χ2v) is 12.3. The van der Waals surface area contributed by atoms with Crippen LogP contribution >= 0.6 is 0 Å². The second-order valence-electron chi connectivity index (χ2n) is 12.3. The van der Waals surface area contributed by atoms with Gasteiger partial charge in [-0.15, -0.1) is 0 Å². The van der Waals surface area contributed by atoms with Gasteiger partial charge in [0.15, 0.2) is 0 Å². The minimum absolute atomic E-state index is 0.637. The van der Waals surface area contributed by atoms with Crippen LogP contribution in [0.3, 0.4) is 0 Å². The van der Waals surface area contributed by atoms with Gasteiger partial charge in [0.1, 0.15) is 0 Å². The lowest BCUT2D eigenvalue weighted by atomic mass is 9.81. The molecule has 0 radical (unpaired) electrons. The van der Waals surface area contributed by atoms with E-state index in [0.29, 0.717) is 11.1 Å². The van der Waals surface area contributed by atoms with Gasteiger partial charge in [-0.1, -0.05) is 121 Å². The summed E-state index contributed by atoms with van der Waals surface area (Å²) in [7, 11) is 0. The zero-order chi connectivity index (χ0) is 32.2. The third-order valence-electron chi connectivity index (χ3n) is 9.66. The Kier molecular flexibility index (Phi) is 6.29. The zero-order valence-corrected chi connectivity index (χ0v) is 25.9. The monoisotopic (exact) mass is 606 g/mol. The van der Waals surface area contributed by atoms with Crippen LogP contribution in [0.25, 0.3) is 88.3 Å². The van der Waals surface area contributed by atoms with E-state index >= 15 is 0 Å². The molecule has 0 N–H and O–H groups in total. The summed E-state index contributed by atoms with van der Waals surface area (Å²) in [5.74, 6) is 0. The van der Waals surface area contributed by atoms with Gasteiger partial charge in [0.25, 0.3) is 0 Å². The quantitative estimate of drug-likeness (QED) is 0.200. The van der Waals surface area contributed by atoms with E-state index in [1.165, 1.54) is 44.2 Å². The highest BCUT2D eigenvalue weighted by Gasteiger charge is 2.30. The van der Waals surface area contributed by atoms with E-state index in [9.17, 15) is 10.5 Å². The summed E-state index contributed by atoms with van der Waals surface area (Å²) in [5, 5.41) is 24.0. The van der Waals surface area contributed by atoms with Crippen LogP contribution in [0.4, 0.5) is 0 Å². The fourth-order valence-corrected chi connectivity index (χ4v) is 7.50. The van der Waals surface area contributed by atoms with Crippen LogP contribution in [-0.2, 0) is 0 Å². The molecule has 2 nitrogen and oxygen atoms in total. The normalized spacial score (nSPS) is 11.3. The molecule has 1 aliphatic carbocycles. The molecule has 0 bridgehead atoms. The fraction of sp³-hybridized carbons (Fsp3) is 0. The number of benzene rings is 8. The van der Waals surface area contributed by atoms with Gasteiger partial charge in [-0.2, -0.15) is 10.5 Å². The number of hydrogen-bond acceptors (Lipinski definition) is 2. The highest BCUT2D eigenvalue weighted by Crippen LogP contribution is 2.57. The summed E-state index contributed by atoms with van der Waals surface area (Å²) in [6, 6.07) is 59.8. The third kappa shape index (κ3) is 4.25. The van der Waals surface area contributed by atoms with Crippen molar-refractivity contribution in [1.82, 2.24) is 0 Å².